The van der Waals surface area contributed by atoms with E-state index in [4.69, 9.17) is 0 Å². The molecule has 2 rings (SSSR count). The number of hydrogen-bond acceptors (Lipinski definition) is 3. The molecule has 2 aromatic heterocycles. The molecule has 0 saturated heterocycles. The van der Waals surface area contributed by atoms with E-state index in [-0.39, 0.29) is 24.0 Å². The van der Waals surface area contributed by atoms with Gasteiger partial charge in [0.2, 0.25) is 0 Å². The van der Waals surface area contributed by atoms with Crippen LogP contribution in [0.15, 0.2) is 46.9 Å². The number of hydrogen-bond donors (Lipinski definition) is 2. The number of nitrogens with zero attached hydrogens (tertiary/aromatic N) is 2. The number of thiophene rings is 1. The summed E-state index contributed by atoms with van der Waals surface area (Å²) in [7, 11) is 1.80. The van der Waals surface area contributed by atoms with Crippen LogP contribution >= 0.6 is 35.3 Å². The summed E-state index contributed by atoms with van der Waals surface area (Å²) in [6, 6.07) is 10.3. The zero-order valence-corrected chi connectivity index (χ0v) is 16.1. The zero-order valence-electron chi connectivity index (χ0n) is 13.0. The molecule has 2 aromatic rings. The van der Waals surface area contributed by atoms with Crippen molar-refractivity contribution in [3.8, 4) is 0 Å². The van der Waals surface area contributed by atoms with Crippen LogP contribution in [0.25, 0.3) is 0 Å². The Morgan fingerprint density at radius 2 is 2.14 bits per heavy atom. The standard InChI is InChI=1S/C16H22N4S.HI/c1-13(15-7-5-11-21-15)12-20-16(17-2)19-10-8-14-6-3-4-9-18-14;/h3-7,9,11,13H,8,10,12H2,1-2H3,(H2,17,19,20);1H. The lowest BCUT2D eigenvalue weighted by atomic mass is 10.1. The van der Waals surface area contributed by atoms with Crippen LogP contribution in [-0.2, 0) is 6.42 Å². The van der Waals surface area contributed by atoms with Crippen molar-refractivity contribution >= 4 is 41.3 Å². The lowest BCUT2D eigenvalue weighted by Crippen LogP contribution is -2.39. The minimum Gasteiger partial charge on any atom is -0.356 e. The van der Waals surface area contributed by atoms with Crippen molar-refractivity contribution in [2.24, 2.45) is 4.99 Å². The second-order valence-corrected chi connectivity index (χ2v) is 5.85. The number of nitrogens with one attached hydrogen (secondary N) is 2. The summed E-state index contributed by atoms with van der Waals surface area (Å²) in [4.78, 5) is 9.96. The quantitative estimate of drug-likeness (QED) is 0.420. The lowest BCUT2D eigenvalue weighted by Gasteiger charge is -2.15. The fraction of sp³-hybridized carbons (Fsp3) is 0.375. The molecule has 2 heterocycles. The van der Waals surface area contributed by atoms with Crippen molar-refractivity contribution in [2.75, 3.05) is 20.1 Å². The summed E-state index contributed by atoms with van der Waals surface area (Å²) in [5.74, 6) is 1.33. The first-order chi connectivity index (χ1) is 10.3. The zero-order chi connectivity index (χ0) is 14.9. The van der Waals surface area contributed by atoms with Crippen molar-refractivity contribution in [2.45, 2.75) is 19.3 Å². The predicted octanol–water partition coefficient (Wildman–Crippen LogP) is 3.27. The number of aliphatic imine (C=N–C) groups is 1. The van der Waals surface area contributed by atoms with Gasteiger partial charge in [0.05, 0.1) is 0 Å². The third-order valence-corrected chi connectivity index (χ3v) is 4.33. The molecule has 0 aliphatic rings. The number of halogens is 1. The van der Waals surface area contributed by atoms with Crippen LogP contribution in [0.4, 0.5) is 0 Å². The molecule has 0 aliphatic carbocycles. The number of aromatic nitrogens is 1. The Morgan fingerprint density at radius 3 is 2.77 bits per heavy atom. The molecule has 0 amide bonds. The molecule has 1 atom stereocenters. The van der Waals surface area contributed by atoms with Gasteiger partial charge in [0.1, 0.15) is 0 Å². The molecule has 4 nitrogen and oxygen atoms in total. The molecule has 6 heteroatoms. The Bertz CT molecular complexity index is 543. The summed E-state index contributed by atoms with van der Waals surface area (Å²) < 4.78 is 0. The van der Waals surface area contributed by atoms with Crippen LogP contribution in [0.3, 0.4) is 0 Å². The molecular formula is C16H23IN4S. The normalized spacial score (nSPS) is 12.4. The molecule has 0 saturated carbocycles. The Hall–Kier alpha value is -1.15. The van der Waals surface area contributed by atoms with E-state index in [0.717, 1.165) is 31.2 Å². The second-order valence-electron chi connectivity index (χ2n) is 4.87. The smallest absolute Gasteiger partial charge is 0.191 e. The van der Waals surface area contributed by atoms with Gasteiger partial charge < -0.3 is 10.6 Å². The van der Waals surface area contributed by atoms with Crippen LogP contribution in [0.2, 0.25) is 0 Å². The van der Waals surface area contributed by atoms with Gasteiger partial charge >= 0.3 is 0 Å². The van der Waals surface area contributed by atoms with E-state index in [1.807, 2.05) is 24.4 Å². The minimum absolute atomic E-state index is 0. The molecule has 0 aliphatic heterocycles. The average molecular weight is 430 g/mol. The first kappa shape index (κ1) is 18.9. The number of rotatable bonds is 6. The number of pyridine rings is 1. The summed E-state index contributed by atoms with van der Waals surface area (Å²) in [5, 5.41) is 8.81. The van der Waals surface area contributed by atoms with E-state index < -0.39 is 0 Å². The van der Waals surface area contributed by atoms with Crippen molar-refractivity contribution in [3.63, 3.8) is 0 Å². The van der Waals surface area contributed by atoms with Crippen LogP contribution in [-0.4, -0.2) is 31.1 Å². The second kappa shape index (κ2) is 10.6. The third kappa shape index (κ3) is 6.31. The molecule has 0 radical (unpaired) electrons. The first-order valence-corrected chi connectivity index (χ1v) is 8.05. The van der Waals surface area contributed by atoms with E-state index in [1.165, 1.54) is 4.88 Å². The van der Waals surface area contributed by atoms with Crippen LogP contribution < -0.4 is 10.6 Å². The Balaban J connectivity index is 0.00000242. The fourth-order valence-corrected chi connectivity index (χ4v) is 2.78. The van der Waals surface area contributed by atoms with E-state index in [0.29, 0.717) is 5.92 Å². The molecule has 0 bridgehead atoms. The minimum atomic E-state index is 0. The molecule has 120 valence electrons. The SMILES string of the molecule is CN=C(NCCc1ccccn1)NCC(C)c1cccs1.I. The highest BCUT2D eigenvalue weighted by atomic mass is 127. The van der Waals surface area contributed by atoms with Gasteiger partial charge in [0, 0.05) is 49.2 Å². The van der Waals surface area contributed by atoms with Crippen molar-refractivity contribution in [1.82, 2.24) is 15.6 Å². The van der Waals surface area contributed by atoms with Gasteiger partial charge in [-0.2, -0.15) is 0 Å². The Labute approximate surface area is 153 Å². The summed E-state index contributed by atoms with van der Waals surface area (Å²) in [5.41, 5.74) is 1.09. The monoisotopic (exact) mass is 430 g/mol. The van der Waals surface area contributed by atoms with E-state index in [9.17, 15) is 0 Å². The van der Waals surface area contributed by atoms with Gasteiger partial charge in [-0.15, -0.1) is 35.3 Å². The fourth-order valence-electron chi connectivity index (χ4n) is 2.00. The lowest BCUT2D eigenvalue weighted by molar-refractivity contribution is 0.705. The van der Waals surface area contributed by atoms with Crippen LogP contribution in [0.5, 0.6) is 0 Å². The van der Waals surface area contributed by atoms with Crippen molar-refractivity contribution < 1.29 is 0 Å². The van der Waals surface area contributed by atoms with Gasteiger partial charge in [-0.1, -0.05) is 19.1 Å². The van der Waals surface area contributed by atoms with Crippen LogP contribution in [0.1, 0.15) is 23.4 Å². The third-order valence-electron chi connectivity index (χ3n) is 3.23. The summed E-state index contributed by atoms with van der Waals surface area (Å²) in [6.45, 7) is 3.92. The number of guanidine groups is 1. The molecule has 0 fully saturated rings. The maximum atomic E-state index is 4.31. The van der Waals surface area contributed by atoms with Gasteiger partial charge in [0.25, 0.3) is 0 Å². The molecule has 1 unspecified atom stereocenters. The van der Waals surface area contributed by atoms with E-state index in [2.05, 4.69) is 45.0 Å². The largest absolute Gasteiger partial charge is 0.356 e. The topological polar surface area (TPSA) is 49.3 Å². The average Bonchev–Trinajstić information content (AvgIpc) is 3.06. The van der Waals surface area contributed by atoms with Gasteiger partial charge in [-0.3, -0.25) is 9.98 Å². The van der Waals surface area contributed by atoms with Gasteiger partial charge in [-0.25, -0.2) is 0 Å². The van der Waals surface area contributed by atoms with E-state index in [1.54, 1.807) is 18.4 Å². The molecular weight excluding hydrogens is 407 g/mol. The van der Waals surface area contributed by atoms with Crippen LogP contribution in [0, 0.1) is 0 Å². The van der Waals surface area contributed by atoms with Crippen molar-refractivity contribution in [3.05, 3.63) is 52.5 Å². The highest BCUT2D eigenvalue weighted by Gasteiger charge is 2.07. The van der Waals surface area contributed by atoms with Gasteiger partial charge in [-0.05, 0) is 23.6 Å². The first-order valence-electron chi connectivity index (χ1n) is 7.17. The summed E-state index contributed by atoms with van der Waals surface area (Å²) in [6.07, 6.45) is 2.72. The molecule has 0 aromatic carbocycles. The Morgan fingerprint density at radius 1 is 1.27 bits per heavy atom. The molecule has 2 N–H and O–H groups in total. The highest BCUT2D eigenvalue weighted by Crippen LogP contribution is 2.19. The van der Waals surface area contributed by atoms with Crippen molar-refractivity contribution in [1.29, 1.82) is 0 Å². The molecule has 0 spiro atoms. The van der Waals surface area contributed by atoms with Gasteiger partial charge in [0.15, 0.2) is 5.96 Å². The maximum absolute atomic E-state index is 4.31. The predicted molar refractivity (Wildman–Crippen MR) is 105 cm³/mol. The highest BCUT2D eigenvalue weighted by molar-refractivity contribution is 14.0. The Kier molecular flexibility index (Phi) is 9.07. The van der Waals surface area contributed by atoms with E-state index >= 15 is 0 Å². The molecule has 22 heavy (non-hydrogen) atoms. The maximum Gasteiger partial charge on any atom is 0.191 e. The summed E-state index contributed by atoms with van der Waals surface area (Å²) >= 11 is 1.80.